The second kappa shape index (κ2) is 3.06. The van der Waals surface area contributed by atoms with Crippen molar-refractivity contribution in [2.45, 2.75) is 24.2 Å². The third-order valence-electron chi connectivity index (χ3n) is 0.655. The molecule has 0 amide bonds. The van der Waals surface area contributed by atoms with Crippen molar-refractivity contribution in [2.24, 2.45) is 0 Å². The van der Waals surface area contributed by atoms with E-state index in [-0.39, 0.29) is 0 Å². The van der Waals surface area contributed by atoms with E-state index in [1.54, 1.807) is 0 Å². The Morgan fingerprint density at radius 1 is 1.14 bits per heavy atom. The summed E-state index contributed by atoms with van der Waals surface area (Å²) < 4.78 is 0.543. The van der Waals surface area contributed by atoms with Crippen molar-refractivity contribution in [3.63, 3.8) is 0 Å². The molecule has 0 aliphatic heterocycles. The summed E-state index contributed by atoms with van der Waals surface area (Å²) in [6, 6.07) is 0. The maximum atomic E-state index is 3.62. The van der Waals surface area contributed by atoms with Gasteiger partial charge in [-0.1, -0.05) is 0 Å². The molecule has 0 heterocycles. The quantitative estimate of drug-likeness (QED) is 0.597. The fraction of sp³-hybridized carbons (Fsp3) is 1.00. The molecule has 7 heavy (non-hydrogen) atoms. The molecule has 0 nitrogen and oxygen atoms in total. The van der Waals surface area contributed by atoms with E-state index in [0.29, 0.717) is 3.43 Å². The predicted molar refractivity (Wildman–Crippen MR) is 44.7 cm³/mol. The van der Waals surface area contributed by atoms with E-state index in [0.717, 1.165) is 0 Å². The normalized spacial score (nSPS) is 12.9. The molecule has 0 aliphatic carbocycles. The van der Waals surface area contributed by atoms with Crippen molar-refractivity contribution in [3.05, 3.63) is 0 Å². The predicted octanol–water partition coefficient (Wildman–Crippen LogP) is 2.80. The second-order valence-corrected chi connectivity index (χ2v) is 29.9. The topological polar surface area (TPSA) is 0 Å². The molecule has 0 aromatic carbocycles. The molecule has 0 aliphatic rings. The van der Waals surface area contributed by atoms with Gasteiger partial charge in [0.15, 0.2) is 0 Å². The van der Waals surface area contributed by atoms with Crippen molar-refractivity contribution < 1.29 is 0 Å². The number of halogens is 2. The van der Waals surface area contributed by atoms with Crippen LogP contribution in [0, 0.1) is 0 Å². The molecular formula is C4H10Br2Sn. The van der Waals surface area contributed by atoms with Gasteiger partial charge in [-0.15, -0.1) is 0 Å². The standard InChI is InChI=1S/C4H9.2BrH.Sn.H/c1-4(2)3;;;;/h1-3H3;2*1H;;/q;;;+2;/p-2. The van der Waals surface area contributed by atoms with E-state index in [1.165, 1.54) is 0 Å². The molecule has 0 bridgehead atoms. The van der Waals surface area contributed by atoms with Crippen LogP contribution in [0.3, 0.4) is 0 Å². The van der Waals surface area contributed by atoms with E-state index < -0.39 is 15.3 Å². The van der Waals surface area contributed by atoms with Crippen molar-refractivity contribution >= 4 is 40.7 Å². The summed E-state index contributed by atoms with van der Waals surface area (Å²) in [4.78, 5) is 0. The molecule has 0 radical (unpaired) electrons. The Balaban J connectivity index is 3.54. The van der Waals surface area contributed by atoms with Gasteiger partial charge in [0.1, 0.15) is 0 Å². The summed E-state index contributed by atoms with van der Waals surface area (Å²) in [6.45, 7) is 6.78. The Morgan fingerprint density at radius 3 is 1.29 bits per heavy atom. The van der Waals surface area contributed by atoms with E-state index in [1.807, 2.05) is 0 Å². The molecule has 0 spiro atoms. The summed E-state index contributed by atoms with van der Waals surface area (Å²) in [6.07, 6.45) is 0. The molecule has 44 valence electrons. The summed E-state index contributed by atoms with van der Waals surface area (Å²) in [7, 11) is 0. The monoisotopic (exact) mass is 336 g/mol. The number of hydrogen-bond donors (Lipinski definition) is 0. The fourth-order valence-corrected chi connectivity index (χ4v) is 0. The first-order valence-electron chi connectivity index (χ1n) is 2.23. The van der Waals surface area contributed by atoms with Gasteiger partial charge in [0.05, 0.1) is 0 Å². The minimum absolute atomic E-state index is 0.543. The minimum atomic E-state index is -1.33. The van der Waals surface area contributed by atoms with Gasteiger partial charge < -0.3 is 0 Å². The van der Waals surface area contributed by atoms with Crippen LogP contribution in [-0.2, 0) is 0 Å². The molecule has 3 heteroatoms. The molecule has 0 fully saturated rings. The first kappa shape index (κ1) is 8.76. The maximum absolute atomic E-state index is 3.62. The van der Waals surface area contributed by atoms with Gasteiger partial charge in [0, 0.05) is 0 Å². The van der Waals surface area contributed by atoms with Crippen LogP contribution >= 0.6 is 25.4 Å². The van der Waals surface area contributed by atoms with Gasteiger partial charge in [0.25, 0.3) is 0 Å². The van der Waals surface area contributed by atoms with Gasteiger partial charge in [-0.3, -0.25) is 0 Å². The van der Waals surface area contributed by atoms with Crippen molar-refractivity contribution in [1.82, 2.24) is 0 Å². The van der Waals surface area contributed by atoms with Crippen LogP contribution in [0.5, 0.6) is 0 Å². The Morgan fingerprint density at radius 2 is 1.29 bits per heavy atom. The zero-order chi connectivity index (χ0) is 6.08. The molecule has 0 unspecified atom stereocenters. The first-order valence-corrected chi connectivity index (χ1v) is 18.6. The molecule has 0 N–H and O–H groups in total. The van der Waals surface area contributed by atoms with Crippen LogP contribution in [0.2, 0.25) is 3.43 Å². The molecule has 0 atom stereocenters. The van der Waals surface area contributed by atoms with Gasteiger partial charge >= 0.3 is 64.9 Å². The van der Waals surface area contributed by atoms with E-state index in [9.17, 15) is 0 Å². The Kier molecular flexibility index (Phi) is 3.83. The second-order valence-electron chi connectivity index (χ2n) is 2.67. The van der Waals surface area contributed by atoms with Crippen LogP contribution in [0.1, 0.15) is 20.8 Å². The van der Waals surface area contributed by atoms with Crippen LogP contribution in [0.25, 0.3) is 0 Å². The van der Waals surface area contributed by atoms with Gasteiger partial charge in [-0.2, -0.15) is 0 Å². The molecule has 0 saturated carbocycles. The van der Waals surface area contributed by atoms with Crippen molar-refractivity contribution in [3.8, 4) is 0 Å². The van der Waals surface area contributed by atoms with E-state index in [2.05, 4.69) is 46.2 Å². The molecule has 0 aromatic rings. The van der Waals surface area contributed by atoms with Crippen LogP contribution in [0.4, 0.5) is 0 Å². The van der Waals surface area contributed by atoms with E-state index in [4.69, 9.17) is 0 Å². The van der Waals surface area contributed by atoms with Gasteiger partial charge in [-0.25, -0.2) is 0 Å². The molecule has 0 saturated heterocycles. The van der Waals surface area contributed by atoms with Crippen molar-refractivity contribution in [2.75, 3.05) is 0 Å². The third kappa shape index (κ3) is 4.27. The Hall–Kier alpha value is 1.76. The summed E-state index contributed by atoms with van der Waals surface area (Å²) in [5.41, 5.74) is 0. The van der Waals surface area contributed by atoms with Crippen LogP contribution in [-0.4, -0.2) is 15.3 Å². The fourth-order valence-electron chi connectivity index (χ4n) is 0. The number of hydrogen-bond acceptors (Lipinski definition) is 0. The van der Waals surface area contributed by atoms with Gasteiger partial charge in [-0.05, 0) is 0 Å². The van der Waals surface area contributed by atoms with E-state index >= 15 is 0 Å². The summed E-state index contributed by atoms with van der Waals surface area (Å²) in [5.74, 6) is 0. The van der Waals surface area contributed by atoms with Crippen LogP contribution in [0.15, 0.2) is 0 Å². The molecule has 0 aromatic heterocycles. The zero-order valence-electron chi connectivity index (χ0n) is 4.83. The average Bonchev–Trinajstić information content (AvgIpc) is 1.31. The molecular weight excluding hydrogens is 327 g/mol. The zero-order valence-corrected chi connectivity index (χ0v) is 11.3. The Labute approximate surface area is 64.3 Å². The number of rotatable bonds is 0. The van der Waals surface area contributed by atoms with Crippen LogP contribution < -0.4 is 0 Å². The van der Waals surface area contributed by atoms with Crippen molar-refractivity contribution in [1.29, 1.82) is 0 Å². The third-order valence-corrected chi connectivity index (χ3v) is 22.8. The summed E-state index contributed by atoms with van der Waals surface area (Å²) in [5, 5.41) is 0. The Bertz CT molecular complexity index is 55.2. The SMILES string of the molecule is C[C](C)(C)[SnH]([Br])[Br]. The summed E-state index contributed by atoms with van der Waals surface area (Å²) >= 11 is 5.92. The molecule has 0 rings (SSSR count). The average molecular weight is 337 g/mol. The van der Waals surface area contributed by atoms with Gasteiger partial charge in [0.2, 0.25) is 0 Å². The first-order chi connectivity index (χ1) is 2.94.